The van der Waals surface area contributed by atoms with Gasteiger partial charge in [0.05, 0.1) is 25.9 Å². The fraction of sp³-hybridized carbons (Fsp3) is 0.235. The lowest BCUT2D eigenvalue weighted by Gasteiger charge is -2.18. The molecule has 0 fully saturated rings. The summed E-state index contributed by atoms with van der Waals surface area (Å²) in [5, 5.41) is 5.43. The minimum atomic E-state index is -0.607. The van der Waals surface area contributed by atoms with Crippen molar-refractivity contribution in [3.63, 3.8) is 0 Å². The molecule has 0 aromatic heterocycles. The second kappa shape index (κ2) is 7.88. The molecule has 2 aromatic carbocycles. The highest BCUT2D eigenvalue weighted by Gasteiger charge is 2.16. The molecule has 0 unspecified atom stereocenters. The number of carbonyl (C=O) groups excluding carboxylic acids is 1. The van der Waals surface area contributed by atoms with Gasteiger partial charge >= 0.3 is 6.03 Å². The number of urea groups is 1. The van der Waals surface area contributed by atoms with Gasteiger partial charge in [0.25, 0.3) is 0 Å². The zero-order chi connectivity index (χ0) is 17.7. The molecule has 2 rings (SSSR count). The Morgan fingerprint density at radius 2 is 1.92 bits per heavy atom. The third kappa shape index (κ3) is 4.29. The first-order valence-electron chi connectivity index (χ1n) is 7.19. The van der Waals surface area contributed by atoms with E-state index in [2.05, 4.69) is 10.6 Å². The number of methoxy groups -OCH3 is 2. The summed E-state index contributed by atoms with van der Waals surface area (Å²) in [6.07, 6.45) is 0. The van der Waals surface area contributed by atoms with Crippen LogP contribution in [0.1, 0.15) is 18.5 Å². The number of nitrogens with one attached hydrogen (secondary N) is 2. The molecule has 0 aliphatic carbocycles. The van der Waals surface area contributed by atoms with E-state index in [-0.39, 0.29) is 16.8 Å². The van der Waals surface area contributed by atoms with Crippen LogP contribution >= 0.6 is 11.6 Å². The molecular weight excluding hydrogens is 335 g/mol. The number of amides is 2. The lowest BCUT2D eigenvalue weighted by atomic mass is 10.1. The van der Waals surface area contributed by atoms with Crippen LogP contribution in [0.5, 0.6) is 11.5 Å². The molecule has 0 aliphatic heterocycles. The van der Waals surface area contributed by atoms with E-state index >= 15 is 0 Å². The summed E-state index contributed by atoms with van der Waals surface area (Å²) in [7, 11) is 3.10. The maximum atomic E-state index is 13.7. The highest BCUT2D eigenvalue weighted by molar-refractivity contribution is 6.30. The molecule has 0 heterocycles. The molecule has 0 aliphatic rings. The Morgan fingerprint density at radius 3 is 2.54 bits per heavy atom. The summed E-state index contributed by atoms with van der Waals surface area (Å²) < 4.78 is 24.2. The van der Waals surface area contributed by atoms with Gasteiger partial charge in [-0.15, -0.1) is 0 Å². The number of rotatable bonds is 5. The summed E-state index contributed by atoms with van der Waals surface area (Å²) in [5.74, 6) is 0.647. The Hall–Kier alpha value is -2.47. The van der Waals surface area contributed by atoms with Crippen molar-refractivity contribution in [3.05, 3.63) is 52.8 Å². The van der Waals surface area contributed by atoms with Gasteiger partial charge in [0.1, 0.15) is 17.3 Å². The Bertz CT molecular complexity index is 740. The molecular formula is C17H18ClFN2O3. The molecule has 0 radical (unpaired) electrons. The zero-order valence-corrected chi connectivity index (χ0v) is 14.3. The fourth-order valence-electron chi connectivity index (χ4n) is 2.20. The smallest absolute Gasteiger partial charge is 0.319 e. The normalized spacial score (nSPS) is 11.5. The number of anilines is 1. The molecule has 0 saturated carbocycles. The molecule has 24 heavy (non-hydrogen) atoms. The predicted octanol–water partition coefficient (Wildman–Crippen LogP) is 4.38. The lowest BCUT2D eigenvalue weighted by molar-refractivity contribution is 0.249. The van der Waals surface area contributed by atoms with Crippen molar-refractivity contribution < 1.29 is 18.7 Å². The van der Waals surface area contributed by atoms with E-state index in [0.29, 0.717) is 11.5 Å². The van der Waals surface area contributed by atoms with Crippen molar-refractivity contribution in [2.24, 2.45) is 0 Å². The Morgan fingerprint density at radius 1 is 1.17 bits per heavy atom. The largest absolute Gasteiger partial charge is 0.497 e. The molecule has 128 valence electrons. The monoisotopic (exact) mass is 352 g/mol. The topological polar surface area (TPSA) is 59.6 Å². The van der Waals surface area contributed by atoms with Crippen molar-refractivity contribution in [1.29, 1.82) is 0 Å². The van der Waals surface area contributed by atoms with E-state index in [1.54, 1.807) is 39.3 Å². The highest BCUT2D eigenvalue weighted by Crippen LogP contribution is 2.29. The SMILES string of the molecule is COc1ccc(OC)c([C@@H](C)NC(=O)Nc2ccc(Cl)cc2F)c1. The van der Waals surface area contributed by atoms with Crippen LogP contribution in [-0.4, -0.2) is 20.3 Å². The molecule has 2 amide bonds. The summed E-state index contributed by atoms with van der Waals surface area (Å²) in [6.45, 7) is 1.79. The molecule has 1 atom stereocenters. The quantitative estimate of drug-likeness (QED) is 0.839. The predicted molar refractivity (Wildman–Crippen MR) is 91.5 cm³/mol. The molecule has 7 heteroatoms. The molecule has 0 saturated heterocycles. The van der Waals surface area contributed by atoms with Crippen molar-refractivity contribution in [1.82, 2.24) is 5.32 Å². The first-order valence-corrected chi connectivity index (χ1v) is 7.57. The minimum Gasteiger partial charge on any atom is -0.497 e. The molecule has 2 aromatic rings. The zero-order valence-electron chi connectivity index (χ0n) is 13.5. The van der Waals surface area contributed by atoms with Crippen LogP contribution in [0.4, 0.5) is 14.9 Å². The van der Waals surface area contributed by atoms with Crippen LogP contribution in [0.2, 0.25) is 5.02 Å². The molecule has 0 spiro atoms. The average Bonchev–Trinajstić information content (AvgIpc) is 2.56. The van der Waals surface area contributed by atoms with Gasteiger partial charge in [-0.05, 0) is 43.3 Å². The van der Waals surface area contributed by atoms with E-state index in [1.165, 1.54) is 12.1 Å². The van der Waals surface area contributed by atoms with E-state index in [9.17, 15) is 9.18 Å². The number of hydrogen-bond acceptors (Lipinski definition) is 3. The third-order valence-corrected chi connectivity index (χ3v) is 3.67. The van der Waals surface area contributed by atoms with Crippen LogP contribution in [0.25, 0.3) is 0 Å². The summed E-state index contributed by atoms with van der Waals surface area (Å²) in [5.41, 5.74) is 0.783. The van der Waals surface area contributed by atoms with Crippen molar-refractivity contribution in [2.45, 2.75) is 13.0 Å². The first-order chi connectivity index (χ1) is 11.4. The van der Waals surface area contributed by atoms with Gasteiger partial charge in [-0.1, -0.05) is 11.6 Å². The lowest BCUT2D eigenvalue weighted by Crippen LogP contribution is -2.31. The molecule has 2 N–H and O–H groups in total. The van der Waals surface area contributed by atoms with Gasteiger partial charge in [0.2, 0.25) is 0 Å². The standard InChI is InChI=1S/C17H18ClFN2O3/c1-10(13-9-12(23-2)5-7-16(13)24-3)20-17(22)21-15-6-4-11(18)8-14(15)19/h4-10H,1-3H3,(H2,20,21,22)/t10-/m1/s1. The first kappa shape index (κ1) is 17.9. The van der Waals surface area contributed by atoms with E-state index < -0.39 is 11.8 Å². The van der Waals surface area contributed by atoms with Gasteiger partial charge < -0.3 is 20.1 Å². The summed E-state index contributed by atoms with van der Waals surface area (Å²) in [6, 6.07) is 8.38. The fourth-order valence-corrected chi connectivity index (χ4v) is 2.36. The van der Waals surface area contributed by atoms with Crippen LogP contribution in [0.3, 0.4) is 0 Å². The minimum absolute atomic E-state index is 0.0432. The number of benzene rings is 2. The van der Waals surface area contributed by atoms with Gasteiger partial charge in [0, 0.05) is 10.6 Å². The Labute approximate surface area is 144 Å². The van der Waals surface area contributed by atoms with E-state index in [4.69, 9.17) is 21.1 Å². The Balaban J connectivity index is 2.11. The van der Waals surface area contributed by atoms with Crippen molar-refractivity contribution >= 4 is 23.3 Å². The second-order valence-corrected chi connectivity index (χ2v) is 5.49. The maximum Gasteiger partial charge on any atom is 0.319 e. The van der Waals surface area contributed by atoms with Gasteiger partial charge in [-0.25, -0.2) is 9.18 Å². The molecule has 5 nitrogen and oxygen atoms in total. The van der Waals surface area contributed by atoms with Gasteiger partial charge in [-0.2, -0.15) is 0 Å². The summed E-state index contributed by atoms with van der Waals surface area (Å²) in [4.78, 5) is 12.1. The van der Waals surface area contributed by atoms with Crippen molar-refractivity contribution in [2.75, 3.05) is 19.5 Å². The number of hydrogen-bond donors (Lipinski definition) is 2. The highest BCUT2D eigenvalue weighted by atomic mass is 35.5. The van der Waals surface area contributed by atoms with E-state index in [1.807, 2.05) is 0 Å². The second-order valence-electron chi connectivity index (χ2n) is 5.05. The molecule has 0 bridgehead atoms. The van der Waals surface area contributed by atoms with Gasteiger partial charge in [-0.3, -0.25) is 0 Å². The summed E-state index contributed by atoms with van der Waals surface area (Å²) >= 11 is 5.69. The maximum absolute atomic E-state index is 13.7. The van der Waals surface area contributed by atoms with Crippen molar-refractivity contribution in [3.8, 4) is 11.5 Å². The van der Waals surface area contributed by atoms with Crippen LogP contribution < -0.4 is 20.1 Å². The average molecular weight is 353 g/mol. The van der Waals surface area contributed by atoms with Gasteiger partial charge in [0.15, 0.2) is 0 Å². The van der Waals surface area contributed by atoms with Crippen LogP contribution in [-0.2, 0) is 0 Å². The third-order valence-electron chi connectivity index (χ3n) is 3.43. The van der Waals surface area contributed by atoms with E-state index in [0.717, 1.165) is 11.6 Å². The number of ether oxygens (including phenoxy) is 2. The number of halogens is 2. The van der Waals surface area contributed by atoms with Crippen LogP contribution in [0, 0.1) is 5.82 Å². The Kier molecular flexibility index (Phi) is 5.87. The van der Waals surface area contributed by atoms with Crippen LogP contribution in [0.15, 0.2) is 36.4 Å². The number of carbonyl (C=O) groups is 1.